The van der Waals surface area contributed by atoms with Crippen molar-refractivity contribution in [2.75, 3.05) is 7.11 Å². The predicted molar refractivity (Wildman–Crippen MR) is 70.2 cm³/mol. The van der Waals surface area contributed by atoms with Gasteiger partial charge in [-0.1, -0.05) is 28.4 Å². The van der Waals surface area contributed by atoms with Crippen molar-refractivity contribution in [3.63, 3.8) is 0 Å². The number of methoxy groups -OCH3 is 1. The van der Waals surface area contributed by atoms with Gasteiger partial charge in [-0.15, -0.1) is 0 Å². The van der Waals surface area contributed by atoms with Crippen molar-refractivity contribution in [2.45, 2.75) is 6.92 Å². The molecule has 1 aliphatic heterocycles. The fraction of sp³-hybridized carbons (Fsp3) is 0.167. The summed E-state index contributed by atoms with van der Waals surface area (Å²) >= 11 is 11.9. The number of nitrogens with zero attached hydrogens (tertiary/aromatic N) is 1. The van der Waals surface area contributed by atoms with Crippen LogP contribution in [0.2, 0.25) is 10.0 Å². The number of hydrogen-bond donors (Lipinski definition) is 0. The molecule has 6 heteroatoms. The average Bonchev–Trinajstić information content (AvgIpc) is 2.60. The minimum Gasteiger partial charge on any atom is -0.495 e. The summed E-state index contributed by atoms with van der Waals surface area (Å²) in [5, 5.41) is 4.41. The molecule has 0 aliphatic carbocycles. The first-order valence-electron chi connectivity index (χ1n) is 5.04. The Morgan fingerprint density at radius 3 is 2.67 bits per heavy atom. The van der Waals surface area contributed by atoms with Crippen LogP contribution in [0.1, 0.15) is 12.5 Å². The number of benzene rings is 1. The number of carbonyl (C=O) groups excluding carboxylic acids is 1. The van der Waals surface area contributed by atoms with Gasteiger partial charge in [0.15, 0.2) is 0 Å². The minimum atomic E-state index is -0.509. The summed E-state index contributed by atoms with van der Waals surface area (Å²) in [6, 6.07) is 3.22. The molecule has 1 aromatic carbocycles. The molecule has 0 atom stereocenters. The third kappa shape index (κ3) is 2.35. The van der Waals surface area contributed by atoms with Gasteiger partial charge in [-0.3, -0.25) is 0 Å². The van der Waals surface area contributed by atoms with Gasteiger partial charge in [-0.2, -0.15) is 0 Å². The summed E-state index contributed by atoms with van der Waals surface area (Å²) in [7, 11) is 1.49. The van der Waals surface area contributed by atoms with E-state index in [1.54, 1.807) is 25.1 Å². The first-order valence-corrected chi connectivity index (χ1v) is 5.79. The molecule has 0 saturated heterocycles. The van der Waals surface area contributed by atoms with E-state index in [4.69, 9.17) is 27.9 Å². The summed E-state index contributed by atoms with van der Waals surface area (Å²) in [6.45, 7) is 1.68. The second-order valence-corrected chi connectivity index (χ2v) is 4.47. The summed E-state index contributed by atoms with van der Waals surface area (Å²) in [5.74, 6) is -0.0632. The molecule has 18 heavy (non-hydrogen) atoms. The maximum atomic E-state index is 11.4. The van der Waals surface area contributed by atoms with Crippen LogP contribution in [0.5, 0.6) is 5.75 Å². The molecule has 0 amide bonds. The molecule has 0 radical (unpaired) electrons. The van der Waals surface area contributed by atoms with E-state index < -0.39 is 5.97 Å². The second-order valence-electron chi connectivity index (χ2n) is 3.62. The highest BCUT2D eigenvalue weighted by molar-refractivity contribution is 6.36. The lowest BCUT2D eigenvalue weighted by Crippen LogP contribution is -2.02. The third-order valence-electron chi connectivity index (χ3n) is 2.42. The monoisotopic (exact) mass is 285 g/mol. The molecule has 0 bridgehead atoms. The van der Waals surface area contributed by atoms with Gasteiger partial charge >= 0.3 is 5.97 Å². The predicted octanol–water partition coefficient (Wildman–Crippen LogP) is 3.32. The van der Waals surface area contributed by atoms with Crippen LogP contribution in [0.15, 0.2) is 22.9 Å². The van der Waals surface area contributed by atoms with Crippen molar-refractivity contribution in [1.82, 2.24) is 0 Å². The van der Waals surface area contributed by atoms with Gasteiger partial charge in [0.05, 0.1) is 23.4 Å². The van der Waals surface area contributed by atoms with Gasteiger partial charge in [-0.25, -0.2) is 4.79 Å². The van der Waals surface area contributed by atoms with E-state index in [9.17, 15) is 4.79 Å². The SMILES string of the molecule is COc1c(Cl)cc(Cl)cc1/C=C1\C(=O)ON=C1C. The van der Waals surface area contributed by atoms with Crippen LogP contribution in [0.3, 0.4) is 0 Å². The van der Waals surface area contributed by atoms with E-state index in [0.717, 1.165) is 0 Å². The van der Waals surface area contributed by atoms with Gasteiger partial charge in [0.25, 0.3) is 0 Å². The summed E-state index contributed by atoms with van der Waals surface area (Å²) in [5.41, 5.74) is 1.45. The van der Waals surface area contributed by atoms with Gasteiger partial charge < -0.3 is 9.57 Å². The molecule has 0 saturated carbocycles. The second kappa shape index (κ2) is 5.00. The Bertz CT molecular complexity index is 579. The van der Waals surface area contributed by atoms with Gasteiger partial charge in [0.2, 0.25) is 0 Å². The van der Waals surface area contributed by atoms with Crippen molar-refractivity contribution < 1.29 is 14.4 Å². The zero-order valence-corrected chi connectivity index (χ0v) is 11.2. The number of rotatable bonds is 2. The van der Waals surface area contributed by atoms with Crippen molar-refractivity contribution in [3.8, 4) is 5.75 Å². The molecule has 1 aliphatic rings. The summed E-state index contributed by atoms with van der Waals surface area (Å²) < 4.78 is 5.18. The van der Waals surface area contributed by atoms with Crippen LogP contribution < -0.4 is 4.74 Å². The molecule has 1 heterocycles. The van der Waals surface area contributed by atoms with E-state index in [1.807, 2.05) is 0 Å². The molecule has 0 unspecified atom stereocenters. The lowest BCUT2D eigenvalue weighted by Gasteiger charge is -2.08. The van der Waals surface area contributed by atoms with Crippen LogP contribution in [0.4, 0.5) is 0 Å². The Balaban J connectivity index is 2.55. The maximum Gasteiger partial charge on any atom is 0.367 e. The highest BCUT2D eigenvalue weighted by atomic mass is 35.5. The lowest BCUT2D eigenvalue weighted by atomic mass is 10.1. The largest absolute Gasteiger partial charge is 0.495 e. The van der Waals surface area contributed by atoms with E-state index in [-0.39, 0.29) is 0 Å². The molecule has 0 N–H and O–H groups in total. The van der Waals surface area contributed by atoms with Crippen molar-refractivity contribution in [2.24, 2.45) is 5.16 Å². The van der Waals surface area contributed by atoms with Crippen LogP contribution in [-0.2, 0) is 9.63 Å². The Morgan fingerprint density at radius 2 is 2.11 bits per heavy atom. The summed E-state index contributed by atoms with van der Waals surface area (Å²) in [6.07, 6.45) is 1.59. The van der Waals surface area contributed by atoms with Crippen LogP contribution in [-0.4, -0.2) is 18.8 Å². The number of hydrogen-bond acceptors (Lipinski definition) is 4. The maximum absolute atomic E-state index is 11.4. The first-order chi connectivity index (χ1) is 8.52. The zero-order valence-electron chi connectivity index (χ0n) is 9.66. The standard InChI is InChI=1S/C12H9Cl2NO3/c1-6-9(12(16)18-15-6)4-7-3-8(13)5-10(14)11(7)17-2/h3-5H,1-2H3/b9-4-. The zero-order chi connectivity index (χ0) is 13.3. The Hall–Kier alpha value is -1.52. The smallest absolute Gasteiger partial charge is 0.367 e. The summed E-state index contributed by atoms with van der Waals surface area (Å²) in [4.78, 5) is 16.0. The normalized spacial score (nSPS) is 16.8. The molecule has 1 aromatic rings. The Kier molecular flexibility index (Phi) is 3.59. The number of halogens is 2. The molecular weight excluding hydrogens is 277 g/mol. The van der Waals surface area contributed by atoms with Crippen molar-refractivity contribution in [3.05, 3.63) is 33.3 Å². The van der Waals surface area contributed by atoms with E-state index in [0.29, 0.717) is 32.6 Å². The number of carbonyl (C=O) groups is 1. The highest BCUT2D eigenvalue weighted by Crippen LogP contribution is 2.34. The van der Waals surface area contributed by atoms with Gasteiger partial charge in [0.1, 0.15) is 5.75 Å². The number of oxime groups is 1. The molecule has 4 nitrogen and oxygen atoms in total. The van der Waals surface area contributed by atoms with E-state index in [1.165, 1.54) is 7.11 Å². The van der Waals surface area contributed by atoms with E-state index in [2.05, 4.69) is 9.99 Å². The third-order valence-corrected chi connectivity index (χ3v) is 2.92. The van der Waals surface area contributed by atoms with Gasteiger partial charge in [-0.05, 0) is 25.1 Å². The van der Waals surface area contributed by atoms with Crippen molar-refractivity contribution in [1.29, 1.82) is 0 Å². The average molecular weight is 286 g/mol. The molecule has 0 aromatic heterocycles. The lowest BCUT2D eigenvalue weighted by molar-refractivity contribution is -0.136. The molecule has 0 spiro atoms. The van der Waals surface area contributed by atoms with Gasteiger partial charge in [0, 0.05) is 10.6 Å². The Morgan fingerprint density at radius 1 is 1.39 bits per heavy atom. The minimum absolute atomic E-state index is 0.353. The molecule has 2 rings (SSSR count). The fourth-order valence-corrected chi connectivity index (χ4v) is 2.16. The van der Waals surface area contributed by atoms with Crippen molar-refractivity contribution >= 4 is 41.0 Å². The molecule has 94 valence electrons. The van der Waals surface area contributed by atoms with Crippen LogP contribution in [0, 0.1) is 0 Å². The fourth-order valence-electron chi connectivity index (χ4n) is 1.58. The highest BCUT2D eigenvalue weighted by Gasteiger charge is 2.22. The molecule has 0 fully saturated rings. The van der Waals surface area contributed by atoms with Crippen LogP contribution >= 0.6 is 23.2 Å². The van der Waals surface area contributed by atoms with Crippen LogP contribution in [0.25, 0.3) is 6.08 Å². The molecular formula is C12H9Cl2NO3. The topological polar surface area (TPSA) is 47.9 Å². The number of ether oxygens (including phenoxy) is 1. The quantitative estimate of drug-likeness (QED) is 0.619. The van der Waals surface area contributed by atoms with E-state index >= 15 is 0 Å². The Labute approximate surface area is 114 Å². The first kappa shape index (κ1) is 12.9.